The van der Waals surface area contributed by atoms with Crippen LogP contribution in [0.3, 0.4) is 0 Å². The van der Waals surface area contributed by atoms with Gasteiger partial charge in [-0.3, -0.25) is 4.98 Å². The molecule has 4 nitrogen and oxygen atoms in total. The third-order valence-electron chi connectivity index (χ3n) is 2.17. The van der Waals surface area contributed by atoms with Gasteiger partial charge in [0.1, 0.15) is 5.75 Å². The van der Waals surface area contributed by atoms with Gasteiger partial charge in [0, 0.05) is 25.7 Å². The van der Waals surface area contributed by atoms with Crippen molar-refractivity contribution in [3.05, 3.63) is 36.5 Å². The van der Waals surface area contributed by atoms with Crippen molar-refractivity contribution >= 4 is 17.0 Å². The first-order chi connectivity index (χ1) is 7.68. The smallest absolute Gasteiger partial charge is 0.409 e. The number of amides is 1. The Kier molecular flexibility index (Phi) is 2.72. The Balaban J connectivity index is 2.41. The van der Waals surface area contributed by atoms with E-state index in [1.807, 2.05) is 24.3 Å². The van der Waals surface area contributed by atoms with Crippen molar-refractivity contribution in [2.45, 2.75) is 0 Å². The van der Waals surface area contributed by atoms with Gasteiger partial charge >= 0.3 is 6.09 Å². The van der Waals surface area contributed by atoms with E-state index in [-0.39, 0.29) is 0 Å². The molecule has 82 valence electrons. The molecule has 1 amide bonds. The van der Waals surface area contributed by atoms with Gasteiger partial charge in [-0.1, -0.05) is 6.07 Å². The van der Waals surface area contributed by atoms with E-state index in [0.717, 1.165) is 10.9 Å². The van der Waals surface area contributed by atoms with Crippen molar-refractivity contribution in [1.29, 1.82) is 0 Å². The second kappa shape index (κ2) is 4.18. The highest BCUT2D eigenvalue weighted by Crippen LogP contribution is 2.23. The molecule has 0 fully saturated rings. The lowest BCUT2D eigenvalue weighted by atomic mass is 10.2. The first-order valence-corrected chi connectivity index (χ1v) is 4.91. The summed E-state index contributed by atoms with van der Waals surface area (Å²) in [6.45, 7) is 0. The van der Waals surface area contributed by atoms with Crippen LogP contribution in [0.15, 0.2) is 36.5 Å². The number of carbonyl (C=O) groups is 1. The maximum Gasteiger partial charge on any atom is 0.414 e. The van der Waals surface area contributed by atoms with Crippen molar-refractivity contribution in [2.75, 3.05) is 14.1 Å². The molecular formula is C12H12N2O2. The zero-order chi connectivity index (χ0) is 11.5. The highest BCUT2D eigenvalue weighted by molar-refractivity contribution is 5.87. The highest BCUT2D eigenvalue weighted by atomic mass is 16.6. The van der Waals surface area contributed by atoms with E-state index in [1.54, 1.807) is 26.4 Å². The minimum Gasteiger partial charge on any atom is -0.409 e. The summed E-state index contributed by atoms with van der Waals surface area (Å²) in [4.78, 5) is 17.0. The van der Waals surface area contributed by atoms with E-state index in [9.17, 15) is 4.79 Å². The average molecular weight is 216 g/mol. The van der Waals surface area contributed by atoms with Gasteiger partial charge in [-0.2, -0.15) is 0 Å². The Hall–Kier alpha value is -2.10. The summed E-state index contributed by atoms with van der Waals surface area (Å²) in [5, 5.41) is 0.834. The van der Waals surface area contributed by atoms with Gasteiger partial charge in [-0.25, -0.2) is 4.79 Å². The van der Waals surface area contributed by atoms with Crippen LogP contribution in [0.25, 0.3) is 10.9 Å². The van der Waals surface area contributed by atoms with Crippen molar-refractivity contribution in [1.82, 2.24) is 9.88 Å². The maximum atomic E-state index is 11.4. The van der Waals surface area contributed by atoms with Crippen molar-refractivity contribution in [2.24, 2.45) is 0 Å². The minimum atomic E-state index is -0.392. The molecule has 0 radical (unpaired) electrons. The van der Waals surface area contributed by atoms with E-state index in [4.69, 9.17) is 4.74 Å². The summed E-state index contributed by atoms with van der Waals surface area (Å²) in [5.41, 5.74) is 0.812. The van der Waals surface area contributed by atoms with Crippen molar-refractivity contribution in [3.8, 4) is 5.75 Å². The molecule has 0 aliphatic carbocycles. The Labute approximate surface area is 93.5 Å². The number of carbonyl (C=O) groups excluding carboxylic acids is 1. The molecule has 1 aromatic heterocycles. The fourth-order valence-corrected chi connectivity index (χ4v) is 1.35. The van der Waals surface area contributed by atoms with E-state index in [0.29, 0.717) is 5.75 Å². The van der Waals surface area contributed by atoms with E-state index in [1.165, 1.54) is 4.90 Å². The molecule has 0 aliphatic rings. The molecule has 0 N–H and O–H groups in total. The molecule has 2 rings (SSSR count). The predicted molar refractivity (Wildman–Crippen MR) is 61.5 cm³/mol. The first kappa shape index (κ1) is 10.4. The predicted octanol–water partition coefficient (Wildman–Crippen LogP) is 2.30. The number of aromatic nitrogens is 1. The summed E-state index contributed by atoms with van der Waals surface area (Å²) in [6.07, 6.45) is 1.32. The lowest BCUT2D eigenvalue weighted by Crippen LogP contribution is -2.25. The quantitative estimate of drug-likeness (QED) is 0.734. The number of benzene rings is 1. The van der Waals surface area contributed by atoms with E-state index in [2.05, 4.69) is 4.98 Å². The van der Waals surface area contributed by atoms with Gasteiger partial charge in [0.2, 0.25) is 0 Å². The van der Waals surface area contributed by atoms with Crippen LogP contribution >= 0.6 is 0 Å². The number of pyridine rings is 1. The largest absolute Gasteiger partial charge is 0.414 e. The van der Waals surface area contributed by atoms with Crippen LogP contribution in [0.5, 0.6) is 5.75 Å². The third-order valence-corrected chi connectivity index (χ3v) is 2.17. The fraction of sp³-hybridized carbons (Fsp3) is 0.167. The lowest BCUT2D eigenvalue weighted by molar-refractivity contribution is 0.172. The molecule has 16 heavy (non-hydrogen) atoms. The van der Waals surface area contributed by atoms with Crippen LogP contribution in [0.2, 0.25) is 0 Å². The molecular weight excluding hydrogens is 204 g/mol. The molecule has 0 atom stereocenters. The first-order valence-electron chi connectivity index (χ1n) is 4.91. The molecule has 1 heterocycles. The number of rotatable bonds is 1. The third kappa shape index (κ3) is 1.95. The van der Waals surface area contributed by atoms with Crippen molar-refractivity contribution < 1.29 is 9.53 Å². The van der Waals surface area contributed by atoms with Gasteiger partial charge in [0.05, 0.1) is 5.52 Å². The van der Waals surface area contributed by atoms with Gasteiger partial charge < -0.3 is 9.64 Å². The topological polar surface area (TPSA) is 42.4 Å². The number of hydrogen-bond donors (Lipinski definition) is 0. The van der Waals surface area contributed by atoms with Gasteiger partial charge in [-0.15, -0.1) is 0 Å². The second-order valence-corrected chi connectivity index (χ2v) is 3.59. The number of hydrogen-bond acceptors (Lipinski definition) is 3. The van der Waals surface area contributed by atoms with Gasteiger partial charge in [0.25, 0.3) is 0 Å². The summed E-state index contributed by atoms with van der Waals surface area (Å²) in [5.74, 6) is 0.532. The standard InChI is InChI=1S/C12H12N2O2/c1-14(2)12(15)16-11-7-3-6-10-9(11)5-4-8-13-10/h3-8H,1-2H3. The number of ether oxygens (including phenoxy) is 1. The summed E-state index contributed by atoms with van der Waals surface area (Å²) >= 11 is 0. The molecule has 1 aromatic carbocycles. The molecule has 0 saturated carbocycles. The highest BCUT2D eigenvalue weighted by Gasteiger charge is 2.09. The number of fused-ring (bicyclic) bond motifs is 1. The van der Waals surface area contributed by atoms with Crippen LogP contribution in [-0.4, -0.2) is 30.1 Å². The van der Waals surface area contributed by atoms with Crippen LogP contribution < -0.4 is 4.74 Å². The number of nitrogens with zero attached hydrogens (tertiary/aromatic N) is 2. The summed E-state index contributed by atoms with van der Waals surface area (Å²) in [6, 6.07) is 9.14. The Bertz CT molecular complexity index is 518. The average Bonchev–Trinajstić information content (AvgIpc) is 2.29. The van der Waals surface area contributed by atoms with Crippen LogP contribution in [-0.2, 0) is 0 Å². The lowest BCUT2D eigenvalue weighted by Gasteiger charge is -2.11. The summed E-state index contributed by atoms with van der Waals surface area (Å²) < 4.78 is 5.24. The molecule has 0 spiro atoms. The maximum absolute atomic E-state index is 11.4. The Morgan fingerprint density at radius 3 is 2.81 bits per heavy atom. The molecule has 2 aromatic rings. The molecule has 4 heteroatoms. The SMILES string of the molecule is CN(C)C(=O)Oc1cccc2ncccc12. The Morgan fingerprint density at radius 1 is 1.25 bits per heavy atom. The zero-order valence-corrected chi connectivity index (χ0v) is 9.18. The molecule has 0 bridgehead atoms. The van der Waals surface area contributed by atoms with Crippen LogP contribution in [0, 0.1) is 0 Å². The molecule has 0 aliphatic heterocycles. The van der Waals surface area contributed by atoms with E-state index >= 15 is 0 Å². The second-order valence-electron chi connectivity index (χ2n) is 3.59. The van der Waals surface area contributed by atoms with Gasteiger partial charge in [0.15, 0.2) is 0 Å². The Morgan fingerprint density at radius 2 is 2.06 bits per heavy atom. The van der Waals surface area contributed by atoms with E-state index < -0.39 is 6.09 Å². The normalized spacial score (nSPS) is 10.1. The molecule has 0 saturated heterocycles. The molecule has 0 unspecified atom stereocenters. The van der Waals surface area contributed by atoms with Crippen LogP contribution in [0.4, 0.5) is 4.79 Å². The summed E-state index contributed by atoms with van der Waals surface area (Å²) in [7, 11) is 3.29. The van der Waals surface area contributed by atoms with Crippen LogP contribution in [0.1, 0.15) is 0 Å². The monoisotopic (exact) mass is 216 g/mol. The fourth-order valence-electron chi connectivity index (χ4n) is 1.35. The zero-order valence-electron chi connectivity index (χ0n) is 9.18. The minimum absolute atomic E-state index is 0.392. The van der Waals surface area contributed by atoms with Gasteiger partial charge in [-0.05, 0) is 24.3 Å². The van der Waals surface area contributed by atoms with Crippen molar-refractivity contribution in [3.63, 3.8) is 0 Å².